The van der Waals surface area contributed by atoms with Crippen LogP contribution in [0.3, 0.4) is 0 Å². The van der Waals surface area contributed by atoms with Crippen molar-refractivity contribution in [3.63, 3.8) is 0 Å². The second-order valence-corrected chi connectivity index (χ2v) is 7.12. The molecule has 0 fully saturated rings. The maximum Gasteiger partial charge on any atom is 0.206 e. The fraction of sp³-hybridized carbons (Fsp3) is 0.0417. The molecule has 29 heavy (non-hydrogen) atoms. The minimum Gasteiger partial charge on any atom is -0.255 e. The quantitative estimate of drug-likeness (QED) is 0.324. The van der Waals surface area contributed by atoms with Gasteiger partial charge in [-0.05, 0) is 23.3 Å². The van der Waals surface area contributed by atoms with Crippen LogP contribution in [0.15, 0.2) is 107 Å². The highest BCUT2D eigenvalue weighted by Gasteiger charge is 2.08. The smallest absolute Gasteiger partial charge is 0.206 e. The lowest BCUT2D eigenvalue weighted by Crippen LogP contribution is -2.12. The summed E-state index contributed by atoms with van der Waals surface area (Å²) in [6, 6.07) is 24.6. The fourth-order valence-corrected chi connectivity index (χ4v) is 3.74. The lowest BCUT2D eigenvalue weighted by molar-refractivity contribution is 0.839. The zero-order valence-corrected chi connectivity index (χ0v) is 16.7. The van der Waals surface area contributed by atoms with E-state index in [2.05, 4.69) is 75.6 Å². The lowest BCUT2D eigenvalue weighted by Gasteiger charge is -2.06. The number of thiazole rings is 1. The second-order valence-electron chi connectivity index (χ2n) is 6.29. The van der Waals surface area contributed by atoms with E-state index in [0.717, 1.165) is 21.8 Å². The standard InChI is InChI=1S/C24H20N4S/c1-2-15-26-24-28(27-17-22-10-6-7-16-25-22)23(18-29-24)21-13-11-20(12-14-21)19-8-4-3-5-9-19/h2-14,16-18H,1,15H2. The summed E-state index contributed by atoms with van der Waals surface area (Å²) in [7, 11) is 0. The molecule has 0 aliphatic rings. The minimum atomic E-state index is 0.548. The zero-order valence-electron chi connectivity index (χ0n) is 15.8. The van der Waals surface area contributed by atoms with Crippen LogP contribution in [0, 0.1) is 0 Å². The molecule has 0 spiro atoms. The molecule has 5 heteroatoms. The Morgan fingerprint density at radius 1 is 0.897 bits per heavy atom. The van der Waals surface area contributed by atoms with Gasteiger partial charge in [-0.3, -0.25) is 9.98 Å². The van der Waals surface area contributed by atoms with Crippen LogP contribution in [0.5, 0.6) is 0 Å². The molecule has 4 aromatic rings. The van der Waals surface area contributed by atoms with E-state index in [9.17, 15) is 0 Å². The van der Waals surface area contributed by atoms with Gasteiger partial charge in [0.15, 0.2) is 0 Å². The van der Waals surface area contributed by atoms with Crippen molar-refractivity contribution in [2.45, 2.75) is 0 Å². The Morgan fingerprint density at radius 2 is 1.62 bits per heavy atom. The first-order valence-electron chi connectivity index (χ1n) is 9.28. The first-order valence-corrected chi connectivity index (χ1v) is 10.2. The minimum absolute atomic E-state index is 0.548. The first kappa shape index (κ1) is 18.8. The van der Waals surface area contributed by atoms with E-state index in [4.69, 9.17) is 0 Å². The van der Waals surface area contributed by atoms with Gasteiger partial charge >= 0.3 is 0 Å². The van der Waals surface area contributed by atoms with Crippen LogP contribution in [-0.2, 0) is 0 Å². The Labute approximate surface area is 173 Å². The predicted molar refractivity (Wildman–Crippen MR) is 121 cm³/mol. The number of pyridine rings is 1. The highest BCUT2D eigenvalue weighted by molar-refractivity contribution is 7.07. The summed E-state index contributed by atoms with van der Waals surface area (Å²) in [4.78, 5) is 9.71. The number of hydrogen-bond donors (Lipinski definition) is 0. The molecular formula is C24H20N4S. The Hall–Kier alpha value is -3.57. The molecule has 4 nitrogen and oxygen atoms in total. The highest BCUT2D eigenvalue weighted by Crippen LogP contribution is 2.25. The van der Waals surface area contributed by atoms with Crippen LogP contribution < -0.4 is 4.80 Å². The Bertz CT molecular complexity index is 1170. The third-order valence-corrected chi connectivity index (χ3v) is 5.18. The maximum atomic E-state index is 4.66. The summed E-state index contributed by atoms with van der Waals surface area (Å²) < 4.78 is 1.86. The van der Waals surface area contributed by atoms with E-state index in [1.807, 2.05) is 28.9 Å². The van der Waals surface area contributed by atoms with Gasteiger partial charge in [0.05, 0.1) is 24.1 Å². The van der Waals surface area contributed by atoms with Crippen molar-refractivity contribution in [3.05, 3.63) is 108 Å². The van der Waals surface area contributed by atoms with Gasteiger partial charge in [-0.1, -0.05) is 66.7 Å². The maximum absolute atomic E-state index is 4.66. The van der Waals surface area contributed by atoms with Crippen molar-refractivity contribution in [1.29, 1.82) is 0 Å². The molecule has 0 saturated carbocycles. The van der Waals surface area contributed by atoms with Gasteiger partial charge in [-0.25, -0.2) is 4.68 Å². The number of hydrogen-bond acceptors (Lipinski definition) is 4. The van der Waals surface area contributed by atoms with Crippen LogP contribution in [0.4, 0.5) is 0 Å². The molecule has 0 bridgehead atoms. The molecule has 0 radical (unpaired) electrons. The van der Waals surface area contributed by atoms with E-state index in [-0.39, 0.29) is 0 Å². The van der Waals surface area contributed by atoms with Gasteiger partial charge < -0.3 is 0 Å². The van der Waals surface area contributed by atoms with E-state index >= 15 is 0 Å². The Kier molecular flexibility index (Phi) is 5.88. The molecule has 0 aliphatic heterocycles. The zero-order chi connectivity index (χ0) is 19.9. The summed E-state index contributed by atoms with van der Waals surface area (Å²) in [5.41, 5.74) is 5.26. The molecule has 0 aliphatic carbocycles. The largest absolute Gasteiger partial charge is 0.255 e. The number of nitrogens with zero attached hydrogens (tertiary/aromatic N) is 4. The van der Waals surface area contributed by atoms with Gasteiger partial charge in [0, 0.05) is 17.1 Å². The van der Waals surface area contributed by atoms with Crippen LogP contribution in [0.2, 0.25) is 0 Å². The fourth-order valence-electron chi connectivity index (χ4n) is 2.89. The van der Waals surface area contributed by atoms with Crippen LogP contribution in [0.1, 0.15) is 5.69 Å². The SMILES string of the molecule is C=CCN=c1scc(-c2ccc(-c3ccccc3)cc2)n1N=Cc1ccccn1. The second kappa shape index (κ2) is 9.08. The van der Waals surface area contributed by atoms with Gasteiger partial charge in [0.1, 0.15) is 0 Å². The van der Waals surface area contributed by atoms with Crippen molar-refractivity contribution in [2.75, 3.05) is 6.54 Å². The van der Waals surface area contributed by atoms with Gasteiger partial charge in [-0.2, -0.15) is 5.10 Å². The molecule has 0 atom stereocenters. The molecule has 2 heterocycles. The van der Waals surface area contributed by atoms with Crippen molar-refractivity contribution in [1.82, 2.24) is 9.66 Å². The molecular weight excluding hydrogens is 376 g/mol. The molecule has 2 aromatic carbocycles. The van der Waals surface area contributed by atoms with Crippen molar-refractivity contribution in [2.24, 2.45) is 10.1 Å². The summed E-state index contributed by atoms with van der Waals surface area (Å²) in [5, 5.41) is 6.74. The summed E-state index contributed by atoms with van der Waals surface area (Å²) in [6.07, 6.45) is 5.29. The average Bonchev–Trinajstić information content (AvgIpc) is 3.20. The monoisotopic (exact) mass is 396 g/mol. The Morgan fingerprint density at radius 3 is 2.34 bits per heavy atom. The molecule has 0 unspecified atom stereocenters. The first-order chi connectivity index (χ1) is 14.3. The van der Waals surface area contributed by atoms with E-state index in [1.54, 1.807) is 29.8 Å². The summed E-state index contributed by atoms with van der Waals surface area (Å²) in [5.74, 6) is 0. The van der Waals surface area contributed by atoms with Gasteiger partial charge in [-0.15, -0.1) is 17.9 Å². The average molecular weight is 397 g/mol. The summed E-state index contributed by atoms with van der Waals surface area (Å²) in [6.45, 7) is 4.30. The van der Waals surface area contributed by atoms with Crippen LogP contribution >= 0.6 is 11.3 Å². The summed E-state index contributed by atoms with van der Waals surface area (Å²) >= 11 is 1.56. The van der Waals surface area contributed by atoms with Crippen LogP contribution in [-0.4, -0.2) is 22.4 Å². The van der Waals surface area contributed by atoms with Gasteiger partial charge in [0.25, 0.3) is 0 Å². The third-order valence-electron chi connectivity index (χ3n) is 4.32. The molecule has 0 saturated heterocycles. The third kappa shape index (κ3) is 4.47. The number of benzene rings is 2. The van der Waals surface area contributed by atoms with E-state index < -0.39 is 0 Å². The molecule has 142 valence electrons. The lowest BCUT2D eigenvalue weighted by atomic mass is 10.0. The van der Waals surface area contributed by atoms with Crippen molar-refractivity contribution >= 4 is 17.6 Å². The van der Waals surface area contributed by atoms with E-state index in [1.165, 1.54) is 11.1 Å². The topological polar surface area (TPSA) is 42.5 Å². The predicted octanol–water partition coefficient (Wildman–Crippen LogP) is 5.25. The normalized spacial score (nSPS) is 11.8. The number of rotatable bonds is 6. The molecule has 0 N–H and O–H groups in total. The van der Waals surface area contributed by atoms with E-state index in [0.29, 0.717) is 6.54 Å². The molecule has 4 rings (SSSR count). The van der Waals surface area contributed by atoms with Crippen molar-refractivity contribution < 1.29 is 0 Å². The van der Waals surface area contributed by atoms with Crippen LogP contribution in [0.25, 0.3) is 22.4 Å². The van der Waals surface area contributed by atoms with Crippen molar-refractivity contribution in [3.8, 4) is 22.4 Å². The highest BCUT2D eigenvalue weighted by atomic mass is 32.1. The Balaban J connectivity index is 1.72. The van der Waals surface area contributed by atoms with Gasteiger partial charge in [0.2, 0.25) is 4.80 Å². The molecule has 2 aromatic heterocycles. The molecule has 0 amide bonds. The number of aromatic nitrogens is 2.